The molecule has 1 saturated heterocycles. The first-order valence-corrected chi connectivity index (χ1v) is 15.2. The van der Waals surface area contributed by atoms with Crippen molar-refractivity contribution in [3.63, 3.8) is 0 Å². The molecule has 7 nitrogen and oxygen atoms in total. The van der Waals surface area contributed by atoms with Crippen LogP contribution < -0.4 is 0 Å². The van der Waals surface area contributed by atoms with E-state index in [0.29, 0.717) is 17.5 Å². The Bertz CT molecular complexity index is 1860. The minimum absolute atomic E-state index is 0.0925. The number of ketones is 1. The van der Waals surface area contributed by atoms with Crippen molar-refractivity contribution in [2.24, 2.45) is 11.8 Å². The van der Waals surface area contributed by atoms with Gasteiger partial charge in [0.2, 0.25) is 0 Å². The van der Waals surface area contributed by atoms with Gasteiger partial charge in [-0.3, -0.25) is 14.4 Å². The first kappa shape index (κ1) is 30.3. The lowest BCUT2D eigenvalue weighted by atomic mass is 9.79. The van der Waals surface area contributed by atoms with E-state index < -0.39 is 23.8 Å². The molecule has 7 heteroatoms. The van der Waals surface area contributed by atoms with Crippen LogP contribution >= 0.6 is 0 Å². The van der Waals surface area contributed by atoms with E-state index in [1.807, 2.05) is 120 Å². The standard InChI is InChI=1S/C39H32N2O5/c40-23-28-11-13-30(14-12-28)31-15-17-34(18-16-31)41-20-19-32(24-41)35(22-36(42)45-25-29-9-5-2-6-10-29)38(43)37-33(26-46-39(37)44)21-27-7-3-1-4-8-27/h1-20,24,33,35,37H,21-22,25-26H2/t33-,35-,37?/m0/s1. The number of aromatic nitrogens is 1. The number of esters is 2. The van der Waals surface area contributed by atoms with Gasteiger partial charge >= 0.3 is 11.9 Å². The van der Waals surface area contributed by atoms with Crippen LogP contribution in [0.3, 0.4) is 0 Å². The lowest BCUT2D eigenvalue weighted by Gasteiger charge is -2.20. The Morgan fingerprint density at radius 3 is 2.13 bits per heavy atom. The van der Waals surface area contributed by atoms with E-state index in [9.17, 15) is 14.4 Å². The fourth-order valence-electron chi connectivity index (χ4n) is 5.92. The van der Waals surface area contributed by atoms with Gasteiger partial charge in [0.1, 0.15) is 12.5 Å². The van der Waals surface area contributed by atoms with Crippen molar-refractivity contribution in [3.8, 4) is 22.9 Å². The predicted octanol–water partition coefficient (Wildman–Crippen LogP) is 6.83. The normalized spacial score (nSPS) is 16.3. The molecule has 1 fully saturated rings. The minimum atomic E-state index is -0.984. The van der Waals surface area contributed by atoms with Crippen molar-refractivity contribution in [1.82, 2.24) is 4.57 Å². The lowest BCUT2D eigenvalue weighted by molar-refractivity contribution is -0.150. The van der Waals surface area contributed by atoms with Crippen LogP contribution in [0.25, 0.3) is 16.8 Å². The molecule has 0 N–H and O–H groups in total. The third-order valence-electron chi connectivity index (χ3n) is 8.40. The quantitative estimate of drug-likeness (QED) is 0.120. The topological polar surface area (TPSA) is 98.4 Å². The molecular weight excluding hydrogens is 576 g/mol. The smallest absolute Gasteiger partial charge is 0.316 e. The number of nitrogens with zero attached hydrogens (tertiary/aromatic N) is 2. The maximum Gasteiger partial charge on any atom is 0.316 e. The van der Waals surface area contributed by atoms with Gasteiger partial charge in [0.05, 0.1) is 30.6 Å². The Morgan fingerprint density at radius 1 is 0.848 bits per heavy atom. The summed E-state index contributed by atoms with van der Waals surface area (Å²) in [6, 6.07) is 38.3. The van der Waals surface area contributed by atoms with E-state index in [-0.39, 0.29) is 31.3 Å². The molecule has 0 saturated carbocycles. The number of hydrogen-bond donors (Lipinski definition) is 0. The molecular formula is C39H32N2O5. The molecule has 4 aromatic carbocycles. The lowest BCUT2D eigenvalue weighted by Crippen LogP contribution is -2.32. The van der Waals surface area contributed by atoms with Crippen LogP contribution in [-0.4, -0.2) is 28.9 Å². The summed E-state index contributed by atoms with van der Waals surface area (Å²) in [7, 11) is 0. The first-order chi connectivity index (χ1) is 22.5. The van der Waals surface area contributed by atoms with Crippen molar-refractivity contribution >= 4 is 17.7 Å². The number of carbonyl (C=O) groups is 3. The number of benzene rings is 4. The van der Waals surface area contributed by atoms with Gasteiger partial charge in [-0.05, 0) is 64.6 Å². The second-order valence-electron chi connectivity index (χ2n) is 11.5. The number of rotatable bonds is 11. The van der Waals surface area contributed by atoms with Crippen LogP contribution in [0.15, 0.2) is 128 Å². The second kappa shape index (κ2) is 13.9. The molecule has 1 aliphatic heterocycles. The van der Waals surface area contributed by atoms with Crippen molar-refractivity contribution in [2.45, 2.75) is 25.4 Å². The van der Waals surface area contributed by atoms with E-state index in [2.05, 4.69) is 6.07 Å². The van der Waals surface area contributed by atoms with E-state index in [4.69, 9.17) is 14.7 Å². The van der Waals surface area contributed by atoms with Gasteiger partial charge in [0, 0.05) is 24.0 Å². The van der Waals surface area contributed by atoms with Gasteiger partial charge < -0.3 is 14.0 Å². The average Bonchev–Trinajstić information content (AvgIpc) is 3.74. The largest absolute Gasteiger partial charge is 0.465 e. The van der Waals surface area contributed by atoms with Crippen LogP contribution in [0.5, 0.6) is 0 Å². The molecule has 46 heavy (non-hydrogen) atoms. The molecule has 6 rings (SSSR count). The Labute approximate surface area is 267 Å². The molecule has 1 aliphatic rings. The van der Waals surface area contributed by atoms with Crippen molar-refractivity contribution in [2.75, 3.05) is 6.61 Å². The monoisotopic (exact) mass is 608 g/mol. The van der Waals surface area contributed by atoms with Crippen LogP contribution in [-0.2, 0) is 36.9 Å². The maximum atomic E-state index is 14.2. The van der Waals surface area contributed by atoms with Gasteiger partial charge in [-0.2, -0.15) is 5.26 Å². The summed E-state index contributed by atoms with van der Waals surface area (Å²) < 4.78 is 12.9. The van der Waals surface area contributed by atoms with Crippen LogP contribution in [0, 0.1) is 23.2 Å². The summed E-state index contributed by atoms with van der Waals surface area (Å²) >= 11 is 0. The Balaban J connectivity index is 1.24. The first-order valence-electron chi connectivity index (χ1n) is 15.2. The van der Waals surface area contributed by atoms with Crippen molar-refractivity contribution < 1.29 is 23.9 Å². The number of ether oxygens (including phenoxy) is 2. The summed E-state index contributed by atoms with van der Waals surface area (Å²) in [5.41, 5.74) is 5.94. The zero-order valence-electron chi connectivity index (χ0n) is 25.1. The SMILES string of the molecule is N#Cc1ccc(-c2ccc(-n3ccc([C@H](CC(=O)OCc4ccccc4)C(=O)C4C(=O)OC[C@@H]4Cc4ccccc4)c3)cc2)cc1. The summed E-state index contributed by atoms with van der Waals surface area (Å²) in [6.45, 7) is 0.247. The fraction of sp³-hybridized carbons (Fsp3) is 0.179. The highest BCUT2D eigenvalue weighted by molar-refractivity contribution is 6.04. The molecule has 0 amide bonds. The highest BCUT2D eigenvalue weighted by atomic mass is 16.5. The van der Waals surface area contributed by atoms with E-state index >= 15 is 0 Å². The molecule has 0 bridgehead atoms. The Kier molecular flexibility index (Phi) is 9.17. The van der Waals surface area contributed by atoms with E-state index in [1.54, 1.807) is 12.1 Å². The molecule has 0 spiro atoms. The molecule has 1 unspecified atom stereocenters. The summed E-state index contributed by atoms with van der Waals surface area (Å²) in [5.74, 6) is -3.62. The van der Waals surface area contributed by atoms with Gasteiger partial charge in [-0.1, -0.05) is 84.9 Å². The third-order valence-corrected chi connectivity index (χ3v) is 8.40. The average molecular weight is 609 g/mol. The minimum Gasteiger partial charge on any atom is -0.465 e. The number of hydrogen-bond acceptors (Lipinski definition) is 6. The van der Waals surface area contributed by atoms with Crippen LogP contribution in [0.4, 0.5) is 0 Å². The molecule has 1 aromatic heterocycles. The molecule has 0 radical (unpaired) electrons. The highest BCUT2D eigenvalue weighted by Gasteiger charge is 2.45. The zero-order chi connectivity index (χ0) is 31.9. The van der Waals surface area contributed by atoms with Gasteiger partial charge in [0.25, 0.3) is 0 Å². The van der Waals surface area contributed by atoms with Gasteiger partial charge in [-0.25, -0.2) is 0 Å². The molecule has 0 aliphatic carbocycles. The number of cyclic esters (lactones) is 1. The zero-order valence-corrected chi connectivity index (χ0v) is 25.1. The summed E-state index contributed by atoms with van der Waals surface area (Å²) in [4.78, 5) is 40.3. The highest BCUT2D eigenvalue weighted by Crippen LogP contribution is 2.34. The van der Waals surface area contributed by atoms with Crippen molar-refractivity contribution in [3.05, 3.63) is 150 Å². The van der Waals surface area contributed by atoms with Gasteiger partial charge in [0.15, 0.2) is 5.78 Å². The fourth-order valence-corrected chi connectivity index (χ4v) is 5.92. The maximum absolute atomic E-state index is 14.2. The summed E-state index contributed by atoms with van der Waals surface area (Å²) in [5, 5.41) is 9.08. The van der Waals surface area contributed by atoms with Crippen molar-refractivity contribution in [1.29, 1.82) is 5.26 Å². The Morgan fingerprint density at radius 2 is 1.48 bits per heavy atom. The number of carbonyl (C=O) groups excluding carboxylic acids is 3. The molecule has 3 atom stereocenters. The summed E-state index contributed by atoms with van der Waals surface area (Å²) in [6.07, 6.45) is 3.99. The van der Waals surface area contributed by atoms with Crippen LogP contribution in [0.2, 0.25) is 0 Å². The Hall–Kier alpha value is -5.74. The van der Waals surface area contributed by atoms with E-state index in [1.165, 1.54) is 0 Å². The number of Topliss-reactive ketones (excluding diaryl/α,β-unsaturated/α-hetero) is 1. The van der Waals surface area contributed by atoms with Crippen LogP contribution in [0.1, 0.15) is 34.6 Å². The van der Waals surface area contributed by atoms with E-state index in [0.717, 1.165) is 27.9 Å². The molecule has 228 valence electrons. The number of nitriles is 1. The van der Waals surface area contributed by atoms with Gasteiger partial charge in [-0.15, -0.1) is 0 Å². The molecule has 2 heterocycles. The molecule has 5 aromatic rings. The third kappa shape index (κ3) is 6.98. The predicted molar refractivity (Wildman–Crippen MR) is 173 cm³/mol. The second-order valence-corrected chi connectivity index (χ2v) is 11.5.